The number of likely N-dealkylation sites (N-methyl/N-ethyl adjacent to an activating group) is 1. The van der Waals surface area contributed by atoms with Gasteiger partial charge in [-0.3, -0.25) is 9.69 Å². The molecule has 2 heterocycles. The monoisotopic (exact) mass is 434 g/mol. The molecule has 2 aromatic rings. The molecule has 1 aliphatic heterocycles. The smallest absolute Gasteiger partial charge is 0.337 e. The number of nitrogens with zero attached hydrogens (tertiary/aromatic N) is 2. The number of hydrogen-bond acceptors (Lipinski definition) is 6. The molecule has 0 radical (unpaired) electrons. The molecule has 134 valence electrons. The molecule has 0 aliphatic carbocycles. The van der Waals surface area contributed by atoms with Crippen LogP contribution in [0.25, 0.3) is 6.08 Å². The zero-order valence-corrected chi connectivity index (χ0v) is 16.5. The maximum absolute atomic E-state index is 12.6. The average Bonchev–Trinajstić information content (AvgIpc) is 3.18. The first-order valence-corrected chi connectivity index (χ1v) is 9.36. The zero-order chi connectivity index (χ0) is 18.7. The first-order chi connectivity index (χ1) is 12.5. The molecule has 26 heavy (non-hydrogen) atoms. The Morgan fingerprint density at radius 3 is 2.62 bits per heavy atom. The van der Waals surface area contributed by atoms with E-state index in [1.165, 1.54) is 18.9 Å². The van der Waals surface area contributed by atoms with Crippen LogP contribution in [0.3, 0.4) is 0 Å². The summed E-state index contributed by atoms with van der Waals surface area (Å²) in [6.07, 6.45) is 1.70. The standard InChI is InChI=1S/C18H15BrN2O4S/c1-3-21-16(22)14(10-13-8-9-15(19)25-13)26-18(21)20-12-6-4-11(5-7-12)17(23)24-2/h4-10H,3H2,1-2H3/b14-10+,20-18?. The summed E-state index contributed by atoms with van der Waals surface area (Å²) in [5.74, 6) is 0.0713. The lowest BCUT2D eigenvalue weighted by Gasteiger charge is -2.12. The van der Waals surface area contributed by atoms with Crippen LogP contribution in [0.15, 0.2) is 55.4 Å². The summed E-state index contributed by atoms with van der Waals surface area (Å²) in [5, 5.41) is 0.584. The van der Waals surface area contributed by atoms with Gasteiger partial charge in [0.05, 0.1) is 23.3 Å². The zero-order valence-electron chi connectivity index (χ0n) is 14.1. The van der Waals surface area contributed by atoms with Gasteiger partial charge in [-0.25, -0.2) is 9.79 Å². The number of thioether (sulfide) groups is 1. The molecule has 0 N–H and O–H groups in total. The van der Waals surface area contributed by atoms with Crippen LogP contribution in [0.4, 0.5) is 5.69 Å². The van der Waals surface area contributed by atoms with Gasteiger partial charge in [0.25, 0.3) is 5.91 Å². The fourth-order valence-electron chi connectivity index (χ4n) is 2.31. The molecule has 6 nitrogen and oxygen atoms in total. The first-order valence-electron chi connectivity index (χ1n) is 7.75. The van der Waals surface area contributed by atoms with Crippen molar-refractivity contribution < 1.29 is 18.7 Å². The van der Waals surface area contributed by atoms with E-state index in [4.69, 9.17) is 4.42 Å². The summed E-state index contributed by atoms with van der Waals surface area (Å²) >= 11 is 4.53. The highest BCUT2D eigenvalue weighted by Crippen LogP contribution is 2.34. The fourth-order valence-corrected chi connectivity index (χ4v) is 3.67. The predicted molar refractivity (Wildman–Crippen MR) is 104 cm³/mol. The third kappa shape index (κ3) is 3.91. The van der Waals surface area contributed by atoms with Gasteiger partial charge in [0.2, 0.25) is 0 Å². The molecule has 0 saturated carbocycles. The van der Waals surface area contributed by atoms with Gasteiger partial charge in [-0.2, -0.15) is 0 Å². The van der Waals surface area contributed by atoms with E-state index < -0.39 is 5.97 Å². The Kier molecular flexibility index (Phi) is 5.63. The number of ether oxygens (including phenoxy) is 1. The molecule has 1 aromatic heterocycles. The van der Waals surface area contributed by atoms with Gasteiger partial charge in [-0.05, 0) is 71.0 Å². The van der Waals surface area contributed by atoms with Crippen molar-refractivity contribution in [3.8, 4) is 0 Å². The van der Waals surface area contributed by atoms with Crippen molar-refractivity contribution >= 4 is 56.5 Å². The highest BCUT2D eigenvalue weighted by atomic mass is 79.9. The van der Waals surface area contributed by atoms with Crippen molar-refractivity contribution in [1.82, 2.24) is 4.90 Å². The van der Waals surface area contributed by atoms with Gasteiger partial charge < -0.3 is 9.15 Å². The van der Waals surface area contributed by atoms with E-state index in [2.05, 4.69) is 25.7 Å². The topological polar surface area (TPSA) is 72.1 Å². The molecule has 0 bridgehead atoms. The Hall–Kier alpha value is -2.32. The van der Waals surface area contributed by atoms with Gasteiger partial charge in [-0.15, -0.1) is 0 Å². The van der Waals surface area contributed by atoms with Crippen molar-refractivity contribution in [3.05, 3.63) is 57.3 Å². The van der Waals surface area contributed by atoms with Crippen LogP contribution < -0.4 is 0 Å². The van der Waals surface area contributed by atoms with Crippen LogP contribution in [-0.4, -0.2) is 35.6 Å². The number of furan rings is 1. The summed E-state index contributed by atoms with van der Waals surface area (Å²) in [7, 11) is 1.34. The minimum absolute atomic E-state index is 0.116. The van der Waals surface area contributed by atoms with E-state index in [9.17, 15) is 9.59 Å². The summed E-state index contributed by atoms with van der Waals surface area (Å²) in [6.45, 7) is 2.39. The number of methoxy groups -OCH3 is 1. The van der Waals surface area contributed by atoms with Crippen molar-refractivity contribution in [1.29, 1.82) is 0 Å². The van der Waals surface area contributed by atoms with Crippen molar-refractivity contribution in [2.75, 3.05) is 13.7 Å². The van der Waals surface area contributed by atoms with E-state index in [1.807, 2.05) is 6.92 Å². The molecule has 3 rings (SSSR count). The van der Waals surface area contributed by atoms with Crippen molar-refractivity contribution in [2.24, 2.45) is 4.99 Å². The summed E-state index contributed by atoms with van der Waals surface area (Å²) in [5.41, 5.74) is 1.09. The number of carbonyl (C=O) groups excluding carboxylic acids is 2. The Bertz CT molecular complexity index is 902. The summed E-state index contributed by atoms with van der Waals surface area (Å²) < 4.78 is 10.7. The van der Waals surface area contributed by atoms with Crippen LogP contribution in [0.5, 0.6) is 0 Å². The molecule has 1 fully saturated rings. The predicted octanol–water partition coefficient (Wildman–Crippen LogP) is 4.45. The van der Waals surface area contributed by atoms with Crippen LogP contribution >= 0.6 is 27.7 Å². The number of amidine groups is 1. The Balaban J connectivity index is 1.86. The molecule has 0 atom stereocenters. The lowest BCUT2D eigenvalue weighted by molar-refractivity contribution is -0.122. The Labute approximate surface area is 163 Å². The molecule has 1 amide bonds. The number of rotatable bonds is 4. The molecule has 8 heteroatoms. The van der Waals surface area contributed by atoms with Crippen molar-refractivity contribution in [2.45, 2.75) is 6.92 Å². The number of hydrogen-bond donors (Lipinski definition) is 0. The van der Waals surface area contributed by atoms with E-state index in [0.29, 0.717) is 38.3 Å². The van der Waals surface area contributed by atoms with Gasteiger partial charge in [-0.1, -0.05) is 0 Å². The molecule has 1 aromatic carbocycles. The van der Waals surface area contributed by atoms with Gasteiger partial charge >= 0.3 is 5.97 Å². The molecule has 1 saturated heterocycles. The Morgan fingerprint density at radius 1 is 1.31 bits per heavy atom. The lowest BCUT2D eigenvalue weighted by atomic mass is 10.2. The SMILES string of the molecule is CCN1C(=O)/C(=C\c2ccc(Br)o2)SC1=Nc1ccc(C(=O)OC)cc1. The van der Waals surface area contributed by atoms with E-state index in [-0.39, 0.29) is 5.91 Å². The van der Waals surface area contributed by atoms with Crippen LogP contribution in [0.2, 0.25) is 0 Å². The lowest BCUT2D eigenvalue weighted by Crippen LogP contribution is -2.28. The maximum atomic E-state index is 12.6. The third-order valence-corrected chi connectivity index (χ3v) is 5.02. The fraction of sp³-hybridized carbons (Fsp3) is 0.167. The quantitative estimate of drug-likeness (QED) is 0.524. The summed E-state index contributed by atoms with van der Waals surface area (Å²) in [6, 6.07) is 10.3. The van der Waals surface area contributed by atoms with E-state index >= 15 is 0 Å². The van der Waals surface area contributed by atoms with Crippen LogP contribution in [-0.2, 0) is 9.53 Å². The number of amides is 1. The van der Waals surface area contributed by atoms with E-state index in [0.717, 1.165) is 0 Å². The van der Waals surface area contributed by atoms with Crippen LogP contribution in [0.1, 0.15) is 23.0 Å². The largest absolute Gasteiger partial charge is 0.465 e. The molecular formula is C18H15BrN2O4S. The third-order valence-electron chi connectivity index (χ3n) is 3.58. The first kappa shape index (κ1) is 18.5. The number of aliphatic imine (C=N–C) groups is 1. The van der Waals surface area contributed by atoms with Crippen LogP contribution in [0, 0.1) is 0 Å². The van der Waals surface area contributed by atoms with E-state index in [1.54, 1.807) is 47.4 Å². The van der Waals surface area contributed by atoms with Gasteiger partial charge in [0, 0.05) is 12.6 Å². The minimum atomic E-state index is -0.403. The maximum Gasteiger partial charge on any atom is 0.337 e. The number of benzene rings is 1. The minimum Gasteiger partial charge on any atom is -0.465 e. The second-order valence-corrected chi connectivity index (χ2v) is 7.03. The normalized spacial score (nSPS) is 17.3. The Morgan fingerprint density at radius 2 is 2.04 bits per heavy atom. The van der Waals surface area contributed by atoms with Crippen molar-refractivity contribution in [3.63, 3.8) is 0 Å². The highest BCUT2D eigenvalue weighted by molar-refractivity contribution is 9.10. The molecule has 0 unspecified atom stereocenters. The number of esters is 1. The van der Waals surface area contributed by atoms with Gasteiger partial charge in [0.1, 0.15) is 5.76 Å². The highest BCUT2D eigenvalue weighted by Gasteiger charge is 2.32. The molecule has 1 aliphatic rings. The number of carbonyl (C=O) groups is 2. The second-order valence-electron chi connectivity index (χ2n) is 5.23. The number of halogens is 1. The molecule has 0 spiro atoms. The second kappa shape index (κ2) is 7.92. The average molecular weight is 435 g/mol. The van der Waals surface area contributed by atoms with Gasteiger partial charge in [0.15, 0.2) is 9.84 Å². The summed E-state index contributed by atoms with van der Waals surface area (Å²) in [4.78, 5) is 30.7. The molecular weight excluding hydrogens is 420 g/mol.